The van der Waals surface area contributed by atoms with Crippen LogP contribution in [0.5, 0.6) is 17.2 Å². The lowest BCUT2D eigenvalue weighted by atomic mass is 9.89. The van der Waals surface area contributed by atoms with Gasteiger partial charge in [0.25, 0.3) is 0 Å². The predicted octanol–water partition coefficient (Wildman–Crippen LogP) is 6.28. The van der Waals surface area contributed by atoms with E-state index < -0.39 is 0 Å². The molecule has 0 radical (unpaired) electrons. The summed E-state index contributed by atoms with van der Waals surface area (Å²) < 4.78 is 17.9. The van der Waals surface area contributed by atoms with E-state index in [-0.39, 0.29) is 6.04 Å². The van der Waals surface area contributed by atoms with E-state index >= 15 is 0 Å². The van der Waals surface area contributed by atoms with E-state index in [1.807, 2.05) is 42.5 Å². The van der Waals surface area contributed by atoms with Crippen molar-refractivity contribution in [3.8, 4) is 17.2 Å². The molecule has 0 saturated carbocycles. The van der Waals surface area contributed by atoms with Gasteiger partial charge >= 0.3 is 0 Å². The van der Waals surface area contributed by atoms with Gasteiger partial charge in [-0.2, -0.15) is 0 Å². The number of nitrogens with one attached hydrogen (secondary N) is 1. The van der Waals surface area contributed by atoms with Crippen LogP contribution in [0.4, 0.5) is 0 Å². The molecule has 4 aromatic rings. The quantitative estimate of drug-likeness (QED) is 0.316. The normalized spacial score (nSPS) is 14.7. The van der Waals surface area contributed by atoms with Gasteiger partial charge < -0.3 is 19.5 Å². The fourth-order valence-electron chi connectivity index (χ4n) is 4.62. The Labute approximate surface area is 207 Å². The summed E-state index contributed by atoms with van der Waals surface area (Å²) in [5, 5.41) is 3.70. The Morgan fingerprint density at radius 2 is 1.37 bits per heavy atom. The van der Waals surface area contributed by atoms with Gasteiger partial charge in [0.1, 0.15) is 19.0 Å². The molecule has 0 amide bonds. The standard InChI is InChI=1S/C31H31NO3/c1-33-30-17-16-27-28(31(30)35-22-25-10-6-3-7-11-25)18-19-32-29(27)20-23-12-14-26(15-13-23)34-21-24-8-4-2-5-9-24/h2-17,29,32H,18-22H2,1H3. The van der Waals surface area contributed by atoms with Crippen LogP contribution in [0, 0.1) is 0 Å². The molecule has 4 heteroatoms. The largest absolute Gasteiger partial charge is 0.493 e. The van der Waals surface area contributed by atoms with Crippen LogP contribution in [0.2, 0.25) is 0 Å². The Kier molecular flexibility index (Phi) is 7.30. The van der Waals surface area contributed by atoms with Gasteiger partial charge in [-0.25, -0.2) is 0 Å². The molecule has 1 aliphatic rings. The molecule has 4 aromatic carbocycles. The lowest BCUT2D eigenvalue weighted by Crippen LogP contribution is -2.31. The Hall–Kier alpha value is -3.76. The Bertz CT molecular complexity index is 1220. The average Bonchev–Trinajstić information content (AvgIpc) is 2.92. The van der Waals surface area contributed by atoms with Crippen molar-refractivity contribution in [1.29, 1.82) is 0 Å². The molecule has 1 unspecified atom stereocenters. The van der Waals surface area contributed by atoms with Gasteiger partial charge in [-0.3, -0.25) is 0 Å². The Balaban J connectivity index is 1.29. The highest BCUT2D eigenvalue weighted by Gasteiger charge is 2.25. The summed E-state index contributed by atoms with van der Waals surface area (Å²) in [6.45, 7) is 2.01. The average molecular weight is 466 g/mol. The summed E-state index contributed by atoms with van der Waals surface area (Å²) in [7, 11) is 1.71. The molecule has 178 valence electrons. The maximum atomic E-state index is 6.32. The lowest BCUT2D eigenvalue weighted by molar-refractivity contribution is 0.278. The highest BCUT2D eigenvalue weighted by atomic mass is 16.5. The number of methoxy groups -OCH3 is 1. The number of ether oxygens (including phenoxy) is 3. The summed E-state index contributed by atoms with van der Waals surface area (Å²) in [5.74, 6) is 2.54. The number of fused-ring (bicyclic) bond motifs is 1. The van der Waals surface area contributed by atoms with E-state index in [1.165, 1.54) is 22.3 Å². The molecule has 0 fully saturated rings. The van der Waals surface area contributed by atoms with Gasteiger partial charge in [0.2, 0.25) is 0 Å². The van der Waals surface area contributed by atoms with Crippen LogP contribution in [0.3, 0.4) is 0 Å². The first kappa shape index (κ1) is 23.0. The monoisotopic (exact) mass is 465 g/mol. The first-order valence-electron chi connectivity index (χ1n) is 12.2. The summed E-state index contributed by atoms with van der Waals surface area (Å²) >= 11 is 0. The van der Waals surface area contributed by atoms with Crippen molar-refractivity contribution in [2.75, 3.05) is 13.7 Å². The van der Waals surface area contributed by atoms with Crippen LogP contribution >= 0.6 is 0 Å². The van der Waals surface area contributed by atoms with Crippen LogP contribution in [0.15, 0.2) is 97.1 Å². The van der Waals surface area contributed by atoms with Crippen LogP contribution in [0.1, 0.15) is 33.9 Å². The third kappa shape index (κ3) is 5.67. The number of hydrogen-bond acceptors (Lipinski definition) is 4. The highest BCUT2D eigenvalue weighted by Crippen LogP contribution is 2.39. The van der Waals surface area contributed by atoms with Crippen LogP contribution in [-0.4, -0.2) is 13.7 Å². The second-order valence-electron chi connectivity index (χ2n) is 8.82. The molecule has 0 aliphatic carbocycles. The minimum Gasteiger partial charge on any atom is -0.493 e. The zero-order valence-corrected chi connectivity index (χ0v) is 20.1. The van der Waals surface area contributed by atoms with Crippen molar-refractivity contribution in [3.63, 3.8) is 0 Å². The van der Waals surface area contributed by atoms with Crippen molar-refractivity contribution >= 4 is 0 Å². The van der Waals surface area contributed by atoms with Crippen molar-refractivity contribution in [3.05, 3.63) is 125 Å². The molecule has 0 aromatic heterocycles. The third-order valence-electron chi connectivity index (χ3n) is 6.46. The lowest BCUT2D eigenvalue weighted by Gasteiger charge is -2.29. The zero-order chi connectivity index (χ0) is 23.9. The SMILES string of the molecule is COc1ccc2c(c1OCc1ccccc1)CCNC2Cc1ccc(OCc2ccccc2)cc1. The smallest absolute Gasteiger partial charge is 0.165 e. The van der Waals surface area contributed by atoms with E-state index in [0.717, 1.165) is 42.2 Å². The van der Waals surface area contributed by atoms with E-state index in [4.69, 9.17) is 14.2 Å². The maximum absolute atomic E-state index is 6.32. The Morgan fingerprint density at radius 1 is 0.714 bits per heavy atom. The predicted molar refractivity (Wildman–Crippen MR) is 139 cm³/mol. The van der Waals surface area contributed by atoms with Crippen LogP contribution in [0.25, 0.3) is 0 Å². The van der Waals surface area contributed by atoms with Crippen LogP contribution < -0.4 is 19.5 Å². The summed E-state index contributed by atoms with van der Waals surface area (Å²) in [5.41, 5.74) is 6.11. The molecule has 1 aliphatic heterocycles. The molecule has 0 bridgehead atoms. The summed E-state index contributed by atoms with van der Waals surface area (Å²) in [6.07, 6.45) is 1.82. The number of hydrogen-bond donors (Lipinski definition) is 1. The summed E-state index contributed by atoms with van der Waals surface area (Å²) in [6, 6.07) is 33.4. The minimum atomic E-state index is 0.222. The topological polar surface area (TPSA) is 39.7 Å². The molecule has 4 nitrogen and oxygen atoms in total. The maximum Gasteiger partial charge on any atom is 0.165 e. The van der Waals surface area contributed by atoms with Gasteiger partial charge in [-0.15, -0.1) is 0 Å². The molecule has 1 atom stereocenters. The second kappa shape index (κ2) is 11.1. The molecule has 35 heavy (non-hydrogen) atoms. The first-order valence-corrected chi connectivity index (χ1v) is 12.2. The third-order valence-corrected chi connectivity index (χ3v) is 6.46. The van der Waals surface area contributed by atoms with Gasteiger partial charge in [0.15, 0.2) is 11.5 Å². The minimum absolute atomic E-state index is 0.222. The van der Waals surface area contributed by atoms with Crippen molar-refractivity contribution in [1.82, 2.24) is 5.32 Å². The molecular formula is C31H31NO3. The van der Waals surface area contributed by atoms with E-state index in [9.17, 15) is 0 Å². The van der Waals surface area contributed by atoms with Crippen LogP contribution in [-0.2, 0) is 26.1 Å². The van der Waals surface area contributed by atoms with E-state index in [1.54, 1.807) is 7.11 Å². The molecular weight excluding hydrogens is 434 g/mol. The van der Waals surface area contributed by atoms with E-state index in [2.05, 4.69) is 59.9 Å². The molecule has 0 spiro atoms. The van der Waals surface area contributed by atoms with Gasteiger partial charge in [-0.05, 0) is 59.8 Å². The van der Waals surface area contributed by atoms with Gasteiger partial charge in [0.05, 0.1) is 7.11 Å². The van der Waals surface area contributed by atoms with Crippen molar-refractivity contribution in [2.24, 2.45) is 0 Å². The Morgan fingerprint density at radius 3 is 2.03 bits per heavy atom. The van der Waals surface area contributed by atoms with E-state index in [0.29, 0.717) is 13.2 Å². The fourth-order valence-corrected chi connectivity index (χ4v) is 4.62. The van der Waals surface area contributed by atoms with Crippen molar-refractivity contribution < 1.29 is 14.2 Å². The fraction of sp³-hybridized carbons (Fsp3) is 0.226. The second-order valence-corrected chi connectivity index (χ2v) is 8.82. The summed E-state index contributed by atoms with van der Waals surface area (Å²) in [4.78, 5) is 0. The first-order chi connectivity index (χ1) is 17.3. The van der Waals surface area contributed by atoms with Gasteiger partial charge in [-0.1, -0.05) is 78.9 Å². The number of rotatable bonds is 9. The zero-order valence-electron chi connectivity index (χ0n) is 20.1. The highest BCUT2D eigenvalue weighted by molar-refractivity contribution is 5.53. The number of benzene rings is 4. The molecule has 5 rings (SSSR count). The van der Waals surface area contributed by atoms with Crippen molar-refractivity contribution in [2.45, 2.75) is 32.1 Å². The van der Waals surface area contributed by atoms with Gasteiger partial charge in [0, 0.05) is 11.6 Å². The molecule has 1 heterocycles. The molecule has 1 N–H and O–H groups in total. The molecule has 0 saturated heterocycles.